The van der Waals surface area contributed by atoms with E-state index in [0.717, 1.165) is 44.6 Å². The average molecular weight is 300 g/mol. The van der Waals surface area contributed by atoms with Crippen LogP contribution in [0.1, 0.15) is 45.4 Å². The van der Waals surface area contributed by atoms with Crippen LogP contribution in [0.2, 0.25) is 0 Å². The fourth-order valence-corrected chi connectivity index (χ4v) is 4.42. The summed E-state index contributed by atoms with van der Waals surface area (Å²) in [5.74, 6) is 1.49. The molecule has 1 saturated heterocycles. The summed E-state index contributed by atoms with van der Waals surface area (Å²) in [5.41, 5.74) is 6.13. The van der Waals surface area contributed by atoms with Gasteiger partial charge >= 0.3 is 0 Å². The molecule has 20 heavy (non-hydrogen) atoms. The first-order valence-electron chi connectivity index (χ1n) is 7.96. The van der Waals surface area contributed by atoms with Crippen LogP contribution < -0.4 is 11.1 Å². The SMILES string of the molecule is CCSC1CCCC(NC(=O)C(N)C2CCOCC2)C1. The van der Waals surface area contributed by atoms with Gasteiger partial charge in [-0.2, -0.15) is 11.8 Å². The van der Waals surface area contributed by atoms with Crippen LogP contribution in [0, 0.1) is 5.92 Å². The Morgan fingerprint density at radius 1 is 1.35 bits per heavy atom. The molecular formula is C15H28N2O2S. The molecule has 5 heteroatoms. The summed E-state index contributed by atoms with van der Waals surface area (Å²) in [7, 11) is 0. The molecule has 0 aromatic rings. The Bertz CT molecular complexity index is 306. The van der Waals surface area contributed by atoms with Crippen LogP contribution in [-0.4, -0.2) is 42.2 Å². The zero-order chi connectivity index (χ0) is 14.4. The first kappa shape index (κ1) is 16.1. The van der Waals surface area contributed by atoms with Crippen LogP contribution in [0.3, 0.4) is 0 Å². The van der Waals surface area contributed by atoms with Gasteiger partial charge in [-0.3, -0.25) is 4.79 Å². The Hall–Kier alpha value is -0.260. The van der Waals surface area contributed by atoms with Crippen molar-refractivity contribution in [1.82, 2.24) is 5.32 Å². The highest BCUT2D eigenvalue weighted by Gasteiger charge is 2.29. The summed E-state index contributed by atoms with van der Waals surface area (Å²) in [6.45, 7) is 3.68. The highest BCUT2D eigenvalue weighted by Crippen LogP contribution is 2.28. The predicted molar refractivity (Wildman–Crippen MR) is 83.8 cm³/mol. The molecule has 3 N–H and O–H groups in total. The van der Waals surface area contributed by atoms with Crippen molar-refractivity contribution in [1.29, 1.82) is 0 Å². The maximum absolute atomic E-state index is 12.3. The average Bonchev–Trinajstić information content (AvgIpc) is 2.48. The van der Waals surface area contributed by atoms with Crippen LogP contribution in [0.25, 0.3) is 0 Å². The minimum absolute atomic E-state index is 0.0454. The fraction of sp³-hybridized carbons (Fsp3) is 0.933. The van der Waals surface area contributed by atoms with Gasteiger partial charge in [0.05, 0.1) is 6.04 Å². The maximum atomic E-state index is 12.3. The number of carbonyl (C=O) groups is 1. The molecule has 1 aliphatic heterocycles. The summed E-state index contributed by atoms with van der Waals surface area (Å²) in [5, 5.41) is 3.89. The smallest absolute Gasteiger partial charge is 0.237 e. The van der Waals surface area contributed by atoms with Gasteiger partial charge in [-0.1, -0.05) is 13.3 Å². The van der Waals surface area contributed by atoms with Gasteiger partial charge in [0.2, 0.25) is 5.91 Å². The molecule has 0 aromatic heterocycles. The van der Waals surface area contributed by atoms with Crippen molar-refractivity contribution in [3.05, 3.63) is 0 Å². The van der Waals surface area contributed by atoms with E-state index >= 15 is 0 Å². The molecule has 2 fully saturated rings. The van der Waals surface area contributed by atoms with Gasteiger partial charge in [-0.05, 0) is 43.8 Å². The third kappa shape index (κ3) is 4.64. The van der Waals surface area contributed by atoms with Crippen LogP contribution in [-0.2, 0) is 9.53 Å². The number of rotatable bonds is 5. The van der Waals surface area contributed by atoms with E-state index < -0.39 is 0 Å². The Morgan fingerprint density at radius 3 is 2.80 bits per heavy atom. The van der Waals surface area contributed by atoms with Crippen molar-refractivity contribution in [3.8, 4) is 0 Å². The summed E-state index contributed by atoms with van der Waals surface area (Å²) in [4.78, 5) is 12.3. The van der Waals surface area contributed by atoms with Crippen molar-refractivity contribution < 1.29 is 9.53 Å². The molecule has 4 nitrogen and oxygen atoms in total. The summed E-state index contributed by atoms with van der Waals surface area (Å²) >= 11 is 2.02. The minimum atomic E-state index is -0.363. The van der Waals surface area contributed by atoms with E-state index in [1.165, 1.54) is 12.8 Å². The lowest BCUT2D eigenvalue weighted by Crippen LogP contribution is -2.51. The lowest BCUT2D eigenvalue weighted by molar-refractivity contribution is -0.125. The molecule has 1 saturated carbocycles. The standard InChI is InChI=1S/C15H28N2O2S/c1-2-20-13-5-3-4-12(10-13)17-15(18)14(16)11-6-8-19-9-7-11/h11-14H,2-10,16H2,1H3,(H,17,18). The van der Waals surface area contributed by atoms with Crippen molar-refractivity contribution in [2.24, 2.45) is 11.7 Å². The topological polar surface area (TPSA) is 64.4 Å². The number of hydrogen-bond donors (Lipinski definition) is 2. The van der Waals surface area contributed by atoms with Gasteiger partial charge in [0.25, 0.3) is 0 Å². The van der Waals surface area contributed by atoms with Crippen molar-refractivity contribution in [3.63, 3.8) is 0 Å². The van der Waals surface area contributed by atoms with Crippen LogP contribution in [0.5, 0.6) is 0 Å². The highest BCUT2D eigenvalue weighted by molar-refractivity contribution is 7.99. The zero-order valence-electron chi connectivity index (χ0n) is 12.5. The van der Waals surface area contributed by atoms with Crippen LogP contribution >= 0.6 is 11.8 Å². The Balaban J connectivity index is 1.77. The second kappa shape index (κ2) is 8.25. The normalized spacial score (nSPS) is 29.9. The van der Waals surface area contributed by atoms with Gasteiger partial charge in [0, 0.05) is 24.5 Å². The van der Waals surface area contributed by atoms with E-state index in [2.05, 4.69) is 12.2 Å². The number of thioether (sulfide) groups is 1. The van der Waals surface area contributed by atoms with Crippen molar-refractivity contribution in [2.75, 3.05) is 19.0 Å². The first-order chi connectivity index (χ1) is 9.70. The van der Waals surface area contributed by atoms with E-state index in [9.17, 15) is 4.79 Å². The van der Waals surface area contributed by atoms with E-state index in [-0.39, 0.29) is 17.9 Å². The second-order valence-corrected chi connectivity index (χ2v) is 7.50. The van der Waals surface area contributed by atoms with E-state index in [1.54, 1.807) is 0 Å². The molecule has 116 valence electrons. The quantitative estimate of drug-likeness (QED) is 0.814. The Labute approximate surface area is 126 Å². The molecule has 2 aliphatic rings. The van der Waals surface area contributed by atoms with E-state index in [1.807, 2.05) is 11.8 Å². The van der Waals surface area contributed by atoms with Crippen molar-refractivity contribution in [2.45, 2.75) is 62.8 Å². The second-order valence-electron chi connectivity index (χ2n) is 5.93. The largest absolute Gasteiger partial charge is 0.381 e. The predicted octanol–water partition coefficient (Wildman–Crippen LogP) is 1.92. The monoisotopic (exact) mass is 300 g/mol. The fourth-order valence-electron chi connectivity index (χ4n) is 3.25. The Kier molecular flexibility index (Phi) is 6.65. The number of ether oxygens (including phenoxy) is 1. The molecule has 1 aliphatic carbocycles. The first-order valence-corrected chi connectivity index (χ1v) is 9.01. The summed E-state index contributed by atoms with van der Waals surface area (Å²) < 4.78 is 5.33. The molecule has 3 unspecified atom stereocenters. The van der Waals surface area contributed by atoms with Gasteiger partial charge in [-0.15, -0.1) is 0 Å². The van der Waals surface area contributed by atoms with Gasteiger partial charge in [0.15, 0.2) is 0 Å². The molecule has 1 amide bonds. The molecular weight excluding hydrogens is 272 g/mol. The lowest BCUT2D eigenvalue weighted by Gasteiger charge is -2.32. The Morgan fingerprint density at radius 2 is 2.10 bits per heavy atom. The van der Waals surface area contributed by atoms with Crippen molar-refractivity contribution >= 4 is 17.7 Å². The third-order valence-electron chi connectivity index (χ3n) is 4.45. The van der Waals surface area contributed by atoms with Gasteiger partial charge in [-0.25, -0.2) is 0 Å². The lowest BCUT2D eigenvalue weighted by atomic mass is 9.90. The molecule has 2 rings (SSSR count). The maximum Gasteiger partial charge on any atom is 0.237 e. The number of amides is 1. The van der Waals surface area contributed by atoms with Gasteiger partial charge < -0.3 is 15.8 Å². The number of carbonyl (C=O) groups excluding carboxylic acids is 1. The van der Waals surface area contributed by atoms with E-state index in [4.69, 9.17) is 10.5 Å². The molecule has 0 bridgehead atoms. The molecule has 0 aromatic carbocycles. The minimum Gasteiger partial charge on any atom is -0.381 e. The third-order valence-corrected chi connectivity index (χ3v) is 5.68. The van der Waals surface area contributed by atoms with Crippen LogP contribution in [0.4, 0.5) is 0 Å². The summed E-state index contributed by atoms with van der Waals surface area (Å²) in [6, 6.07) is -0.0377. The summed E-state index contributed by atoms with van der Waals surface area (Å²) in [6.07, 6.45) is 6.53. The number of nitrogens with one attached hydrogen (secondary N) is 1. The molecule has 1 heterocycles. The molecule has 3 atom stereocenters. The number of hydrogen-bond acceptors (Lipinski definition) is 4. The van der Waals surface area contributed by atoms with E-state index in [0.29, 0.717) is 11.3 Å². The molecule has 0 radical (unpaired) electrons. The molecule has 0 spiro atoms. The van der Waals surface area contributed by atoms with Gasteiger partial charge in [0.1, 0.15) is 0 Å². The van der Waals surface area contributed by atoms with Crippen LogP contribution in [0.15, 0.2) is 0 Å². The highest BCUT2D eigenvalue weighted by atomic mass is 32.2. The number of nitrogens with two attached hydrogens (primary N) is 1. The zero-order valence-corrected chi connectivity index (χ0v) is 13.3.